The first-order valence-electron chi connectivity index (χ1n) is 5.61. The van der Waals surface area contributed by atoms with Gasteiger partial charge in [0.15, 0.2) is 0 Å². The molecule has 1 aliphatic heterocycles. The van der Waals surface area contributed by atoms with E-state index < -0.39 is 0 Å². The van der Waals surface area contributed by atoms with E-state index in [1.54, 1.807) is 0 Å². The topological polar surface area (TPSA) is 32.3 Å². The molecular weight excluding hydrogens is 174 g/mol. The molecule has 2 rings (SSSR count). The van der Waals surface area contributed by atoms with Crippen molar-refractivity contribution in [3.8, 4) is 12.3 Å². The molecule has 2 unspecified atom stereocenters. The predicted molar refractivity (Wildman–Crippen MR) is 56.7 cm³/mol. The summed E-state index contributed by atoms with van der Waals surface area (Å²) in [5.41, 5.74) is 0.485. The van der Waals surface area contributed by atoms with Gasteiger partial charge in [-0.1, -0.05) is 0 Å². The standard InChI is InChI=1S/C12H19NO/c1-2-3-4-11(14)10-9-12(10)5-7-13-8-6-12/h1,10-11,13-14H,3-9H2. The van der Waals surface area contributed by atoms with Gasteiger partial charge in [0.25, 0.3) is 0 Å². The Labute approximate surface area is 86.1 Å². The first-order chi connectivity index (χ1) is 6.78. The minimum Gasteiger partial charge on any atom is -0.393 e. The van der Waals surface area contributed by atoms with Crippen LogP contribution < -0.4 is 5.32 Å². The Bertz CT molecular complexity index is 237. The molecular formula is C12H19NO. The summed E-state index contributed by atoms with van der Waals surface area (Å²) in [7, 11) is 0. The van der Waals surface area contributed by atoms with E-state index in [0.717, 1.165) is 19.5 Å². The highest BCUT2D eigenvalue weighted by atomic mass is 16.3. The lowest BCUT2D eigenvalue weighted by molar-refractivity contribution is 0.116. The summed E-state index contributed by atoms with van der Waals surface area (Å²) in [6.45, 7) is 2.25. The number of rotatable bonds is 3. The lowest BCUT2D eigenvalue weighted by Gasteiger charge is -2.24. The molecule has 78 valence electrons. The average molecular weight is 193 g/mol. The van der Waals surface area contributed by atoms with Gasteiger partial charge in [-0.25, -0.2) is 0 Å². The largest absolute Gasteiger partial charge is 0.393 e. The van der Waals surface area contributed by atoms with Gasteiger partial charge in [0.05, 0.1) is 6.10 Å². The Hall–Kier alpha value is -0.520. The molecule has 1 heterocycles. The van der Waals surface area contributed by atoms with Gasteiger partial charge in [0.2, 0.25) is 0 Å². The summed E-state index contributed by atoms with van der Waals surface area (Å²) in [6.07, 6.45) is 10.3. The lowest BCUT2D eigenvalue weighted by Crippen LogP contribution is -2.31. The fraction of sp³-hybridized carbons (Fsp3) is 0.833. The normalized spacial score (nSPS) is 31.0. The van der Waals surface area contributed by atoms with Crippen molar-refractivity contribution >= 4 is 0 Å². The van der Waals surface area contributed by atoms with Crippen LogP contribution in [0.3, 0.4) is 0 Å². The van der Waals surface area contributed by atoms with Crippen molar-refractivity contribution in [2.24, 2.45) is 11.3 Å². The third-order valence-electron chi connectivity index (χ3n) is 3.90. The second kappa shape index (κ2) is 3.92. The van der Waals surface area contributed by atoms with Crippen molar-refractivity contribution < 1.29 is 5.11 Å². The molecule has 2 aliphatic rings. The summed E-state index contributed by atoms with van der Waals surface area (Å²) in [5, 5.41) is 13.3. The minimum absolute atomic E-state index is 0.149. The van der Waals surface area contributed by atoms with Gasteiger partial charge in [-0.15, -0.1) is 12.3 Å². The van der Waals surface area contributed by atoms with Crippen LogP contribution in [0.2, 0.25) is 0 Å². The van der Waals surface area contributed by atoms with E-state index >= 15 is 0 Å². The van der Waals surface area contributed by atoms with Crippen LogP contribution in [0.15, 0.2) is 0 Å². The molecule has 2 heteroatoms. The zero-order valence-corrected chi connectivity index (χ0v) is 8.63. The first-order valence-corrected chi connectivity index (χ1v) is 5.61. The predicted octanol–water partition coefficient (Wildman–Crippen LogP) is 1.15. The van der Waals surface area contributed by atoms with Crippen molar-refractivity contribution in [2.45, 2.75) is 38.2 Å². The quantitative estimate of drug-likeness (QED) is 0.659. The highest BCUT2D eigenvalue weighted by Crippen LogP contribution is 2.60. The number of terminal acetylenes is 1. The van der Waals surface area contributed by atoms with E-state index in [9.17, 15) is 5.11 Å². The molecule has 1 saturated carbocycles. The Kier molecular flexibility index (Phi) is 2.80. The van der Waals surface area contributed by atoms with Crippen LogP contribution in [0.1, 0.15) is 32.1 Å². The van der Waals surface area contributed by atoms with Crippen LogP contribution >= 0.6 is 0 Å². The number of hydrogen-bond donors (Lipinski definition) is 2. The van der Waals surface area contributed by atoms with Gasteiger partial charge in [-0.05, 0) is 50.1 Å². The van der Waals surface area contributed by atoms with Crippen LogP contribution in [0.25, 0.3) is 0 Å². The van der Waals surface area contributed by atoms with Gasteiger partial charge in [-0.3, -0.25) is 0 Å². The molecule has 1 aliphatic carbocycles. The molecule has 0 radical (unpaired) electrons. The number of piperidine rings is 1. The lowest BCUT2D eigenvalue weighted by atomic mass is 9.89. The maximum atomic E-state index is 9.92. The monoisotopic (exact) mass is 193 g/mol. The smallest absolute Gasteiger partial charge is 0.0583 e. The Morgan fingerprint density at radius 1 is 1.50 bits per heavy atom. The summed E-state index contributed by atoms with van der Waals surface area (Å²) in [4.78, 5) is 0. The number of nitrogens with one attached hydrogen (secondary N) is 1. The van der Waals surface area contributed by atoms with Crippen molar-refractivity contribution in [1.82, 2.24) is 5.32 Å². The third-order valence-corrected chi connectivity index (χ3v) is 3.90. The molecule has 2 fully saturated rings. The maximum Gasteiger partial charge on any atom is 0.0583 e. The van der Waals surface area contributed by atoms with E-state index in [4.69, 9.17) is 6.42 Å². The number of aliphatic hydroxyl groups excluding tert-OH is 1. The summed E-state index contributed by atoms with van der Waals surface area (Å²) >= 11 is 0. The van der Waals surface area contributed by atoms with Crippen LogP contribution in [0, 0.1) is 23.7 Å². The molecule has 0 bridgehead atoms. The summed E-state index contributed by atoms with van der Waals surface area (Å²) < 4.78 is 0. The molecule has 1 saturated heterocycles. The Balaban J connectivity index is 1.81. The molecule has 2 atom stereocenters. The highest BCUT2D eigenvalue weighted by Gasteiger charge is 2.56. The fourth-order valence-corrected chi connectivity index (χ4v) is 2.86. The van der Waals surface area contributed by atoms with Crippen LogP contribution in [0.5, 0.6) is 0 Å². The first kappa shape index (κ1) is 10.0. The molecule has 0 amide bonds. The zero-order valence-electron chi connectivity index (χ0n) is 8.63. The Morgan fingerprint density at radius 2 is 2.21 bits per heavy atom. The SMILES string of the molecule is C#CCCC(O)C1CC12CCNCC2. The van der Waals surface area contributed by atoms with Gasteiger partial charge in [-0.2, -0.15) is 0 Å². The number of hydrogen-bond acceptors (Lipinski definition) is 2. The van der Waals surface area contributed by atoms with Crippen molar-refractivity contribution in [3.63, 3.8) is 0 Å². The second-order valence-electron chi connectivity index (χ2n) is 4.73. The molecule has 1 spiro atoms. The van der Waals surface area contributed by atoms with E-state index in [1.807, 2.05) is 0 Å². The number of aliphatic hydroxyl groups is 1. The summed E-state index contributed by atoms with van der Waals surface area (Å²) in [6, 6.07) is 0. The molecule has 2 N–H and O–H groups in total. The van der Waals surface area contributed by atoms with Crippen LogP contribution in [-0.4, -0.2) is 24.3 Å². The fourth-order valence-electron chi connectivity index (χ4n) is 2.86. The molecule has 14 heavy (non-hydrogen) atoms. The maximum absolute atomic E-state index is 9.92. The van der Waals surface area contributed by atoms with Gasteiger partial charge in [0.1, 0.15) is 0 Å². The van der Waals surface area contributed by atoms with E-state index in [-0.39, 0.29) is 6.10 Å². The van der Waals surface area contributed by atoms with E-state index in [2.05, 4.69) is 11.2 Å². The van der Waals surface area contributed by atoms with E-state index in [1.165, 1.54) is 19.3 Å². The minimum atomic E-state index is -0.149. The summed E-state index contributed by atoms with van der Waals surface area (Å²) in [5.74, 6) is 3.14. The zero-order chi connectivity index (χ0) is 10.0. The molecule has 0 aromatic rings. The van der Waals surface area contributed by atoms with Crippen molar-refractivity contribution in [1.29, 1.82) is 0 Å². The van der Waals surface area contributed by atoms with Crippen LogP contribution in [0.4, 0.5) is 0 Å². The van der Waals surface area contributed by atoms with Crippen molar-refractivity contribution in [3.05, 3.63) is 0 Å². The molecule has 2 nitrogen and oxygen atoms in total. The van der Waals surface area contributed by atoms with Crippen LogP contribution in [-0.2, 0) is 0 Å². The van der Waals surface area contributed by atoms with Gasteiger partial charge >= 0.3 is 0 Å². The highest BCUT2D eigenvalue weighted by molar-refractivity contribution is 5.07. The van der Waals surface area contributed by atoms with Gasteiger partial charge in [0, 0.05) is 6.42 Å². The van der Waals surface area contributed by atoms with Gasteiger partial charge < -0.3 is 10.4 Å². The third kappa shape index (κ3) is 1.80. The molecule has 0 aromatic heterocycles. The second-order valence-corrected chi connectivity index (χ2v) is 4.73. The molecule has 0 aromatic carbocycles. The van der Waals surface area contributed by atoms with E-state index in [0.29, 0.717) is 17.8 Å². The average Bonchev–Trinajstić information content (AvgIpc) is 2.90. The van der Waals surface area contributed by atoms with Crippen molar-refractivity contribution in [2.75, 3.05) is 13.1 Å². The Morgan fingerprint density at radius 3 is 2.86 bits per heavy atom.